The summed E-state index contributed by atoms with van der Waals surface area (Å²) in [5.41, 5.74) is 0.838. The van der Waals surface area contributed by atoms with E-state index in [0.717, 1.165) is 43.0 Å². The van der Waals surface area contributed by atoms with Crippen LogP contribution in [0.1, 0.15) is 32.6 Å². The van der Waals surface area contributed by atoms with Gasteiger partial charge in [-0.2, -0.15) is 0 Å². The number of carbonyl (C=O) groups excluding carboxylic acids is 1. The number of hydrogen-bond acceptors (Lipinski definition) is 3. The summed E-state index contributed by atoms with van der Waals surface area (Å²) in [5.74, 6) is 1.68. The number of anilines is 1. The average Bonchev–Trinajstić information content (AvgIpc) is 2.68. The SMILES string of the molecule is CCC1CCCCN1C(=O)CNc1ccccc1Oc1ccccc1. The molecule has 4 nitrogen and oxygen atoms in total. The first kappa shape index (κ1) is 17.3. The van der Waals surface area contributed by atoms with Crippen molar-refractivity contribution in [3.63, 3.8) is 0 Å². The maximum atomic E-state index is 12.6. The van der Waals surface area contributed by atoms with Gasteiger partial charge in [0.05, 0.1) is 12.2 Å². The highest BCUT2D eigenvalue weighted by Gasteiger charge is 2.24. The minimum Gasteiger partial charge on any atom is -0.455 e. The van der Waals surface area contributed by atoms with Gasteiger partial charge < -0.3 is 15.0 Å². The summed E-state index contributed by atoms with van der Waals surface area (Å²) in [7, 11) is 0. The van der Waals surface area contributed by atoms with E-state index in [4.69, 9.17) is 4.74 Å². The third kappa shape index (κ3) is 4.53. The Balaban J connectivity index is 1.64. The summed E-state index contributed by atoms with van der Waals surface area (Å²) < 4.78 is 5.94. The van der Waals surface area contributed by atoms with Gasteiger partial charge in [-0.15, -0.1) is 0 Å². The zero-order chi connectivity index (χ0) is 17.5. The van der Waals surface area contributed by atoms with Gasteiger partial charge in [-0.1, -0.05) is 37.3 Å². The molecule has 1 saturated heterocycles. The second-order valence-electron chi connectivity index (χ2n) is 6.41. The molecule has 0 radical (unpaired) electrons. The lowest BCUT2D eigenvalue weighted by atomic mass is 10.00. The van der Waals surface area contributed by atoms with Gasteiger partial charge in [-0.25, -0.2) is 0 Å². The van der Waals surface area contributed by atoms with Gasteiger partial charge in [0.1, 0.15) is 5.75 Å². The van der Waals surface area contributed by atoms with Crippen molar-refractivity contribution in [3.05, 3.63) is 54.6 Å². The summed E-state index contributed by atoms with van der Waals surface area (Å²) >= 11 is 0. The molecule has 1 heterocycles. The molecular weight excluding hydrogens is 312 g/mol. The zero-order valence-electron chi connectivity index (χ0n) is 14.8. The minimum atomic E-state index is 0.168. The number of hydrogen-bond donors (Lipinski definition) is 1. The third-order valence-corrected chi connectivity index (χ3v) is 4.71. The molecule has 1 amide bonds. The third-order valence-electron chi connectivity index (χ3n) is 4.71. The van der Waals surface area contributed by atoms with E-state index in [-0.39, 0.29) is 5.91 Å². The maximum Gasteiger partial charge on any atom is 0.242 e. The van der Waals surface area contributed by atoms with Crippen molar-refractivity contribution in [2.24, 2.45) is 0 Å². The standard InChI is InChI=1S/C21H26N2O2/c1-2-17-10-8-9-15-23(17)21(24)16-22-19-13-6-7-14-20(19)25-18-11-4-3-5-12-18/h3-7,11-14,17,22H,2,8-10,15-16H2,1H3. The van der Waals surface area contributed by atoms with E-state index < -0.39 is 0 Å². The Morgan fingerprint density at radius 2 is 1.88 bits per heavy atom. The molecule has 2 aromatic rings. The van der Waals surface area contributed by atoms with E-state index in [1.165, 1.54) is 6.42 Å². The van der Waals surface area contributed by atoms with E-state index in [2.05, 4.69) is 12.2 Å². The molecule has 1 fully saturated rings. The lowest BCUT2D eigenvalue weighted by Gasteiger charge is -2.35. The van der Waals surface area contributed by atoms with Crippen molar-refractivity contribution in [2.75, 3.05) is 18.4 Å². The van der Waals surface area contributed by atoms with Crippen LogP contribution in [-0.4, -0.2) is 29.9 Å². The first-order valence-electron chi connectivity index (χ1n) is 9.13. The van der Waals surface area contributed by atoms with E-state index in [9.17, 15) is 4.79 Å². The molecule has 132 valence electrons. The molecule has 0 bridgehead atoms. The summed E-state index contributed by atoms with van der Waals surface area (Å²) in [5, 5.41) is 3.26. The number of nitrogens with one attached hydrogen (secondary N) is 1. The number of ether oxygens (including phenoxy) is 1. The van der Waals surface area contributed by atoms with Gasteiger partial charge in [0.25, 0.3) is 0 Å². The smallest absolute Gasteiger partial charge is 0.242 e. The van der Waals surface area contributed by atoms with Crippen LogP contribution in [0.3, 0.4) is 0 Å². The summed E-state index contributed by atoms with van der Waals surface area (Å²) in [4.78, 5) is 14.7. The number of carbonyl (C=O) groups is 1. The number of amides is 1. The van der Waals surface area contributed by atoms with Gasteiger partial charge in [-0.3, -0.25) is 4.79 Å². The van der Waals surface area contributed by atoms with Gasteiger partial charge >= 0.3 is 0 Å². The van der Waals surface area contributed by atoms with Crippen molar-refractivity contribution < 1.29 is 9.53 Å². The van der Waals surface area contributed by atoms with Crippen LogP contribution >= 0.6 is 0 Å². The Kier molecular flexibility index (Phi) is 5.94. The molecule has 2 aromatic carbocycles. The Morgan fingerprint density at radius 3 is 2.68 bits per heavy atom. The van der Waals surface area contributed by atoms with Crippen LogP contribution in [0.2, 0.25) is 0 Å². The maximum absolute atomic E-state index is 12.6. The molecule has 1 N–H and O–H groups in total. The molecule has 0 spiro atoms. The van der Waals surface area contributed by atoms with Crippen LogP contribution in [-0.2, 0) is 4.79 Å². The molecule has 0 aromatic heterocycles. The van der Waals surface area contributed by atoms with Crippen LogP contribution in [0, 0.1) is 0 Å². The predicted molar refractivity (Wildman–Crippen MR) is 101 cm³/mol. The van der Waals surface area contributed by atoms with Crippen molar-refractivity contribution >= 4 is 11.6 Å². The highest BCUT2D eigenvalue weighted by atomic mass is 16.5. The molecule has 0 aliphatic carbocycles. The second kappa shape index (κ2) is 8.56. The highest BCUT2D eigenvalue weighted by Crippen LogP contribution is 2.29. The predicted octanol–water partition coefficient (Wildman–Crippen LogP) is 4.68. The van der Waals surface area contributed by atoms with Crippen LogP contribution in [0.15, 0.2) is 54.6 Å². The fourth-order valence-corrected chi connectivity index (χ4v) is 3.34. The Labute approximate surface area is 149 Å². The normalized spacial score (nSPS) is 17.2. The first-order chi connectivity index (χ1) is 12.3. The highest BCUT2D eigenvalue weighted by molar-refractivity contribution is 5.82. The molecule has 1 aliphatic heterocycles. The zero-order valence-corrected chi connectivity index (χ0v) is 14.8. The van der Waals surface area contributed by atoms with Gasteiger partial charge in [0.15, 0.2) is 5.75 Å². The minimum absolute atomic E-state index is 0.168. The number of benzene rings is 2. The molecular formula is C21H26N2O2. The first-order valence-corrected chi connectivity index (χ1v) is 9.13. The van der Waals surface area contributed by atoms with Gasteiger partial charge in [0, 0.05) is 12.6 Å². The number of para-hydroxylation sites is 3. The molecule has 25 heavy (non-hydrogen) atoms. The molecule has 4 heteroatoms. The largest absolute Gasteiger partial charge is 0.455 e. The van der Waals surface area contributed by atoms with E-state index in [1.54, 1.807) is 0 Å². The van der Waals surface area contributed by atoms with E-state index in [1.807, 2.05) is 59.5 Å². The molecule has 0 saturated carbocycles. The number of likely N-dealkylation sites (tertiary alicyclic amines) is 1. The Morgan fingerprint density at radius 1 is 1.12 bits per heavy atom. The lowest BCUT2D eigenvalue weighted by molar-refractivity contribution is -0.133. The van der Waals surface area contributed by atoms with Crippen LogP contribution in [0.25, 0.3) is 0 Å². The Hall–Kier alpha value is -2.49. The van der Waals surface area contributed by atoms with Crippen LogP contribution < -0.4 is 10.1 Å². The van der Waals surface area contributed by atoms with E-state index >= 15 is 0 Å². The average molecular weight is 338 g/mol. The summed E-state index contributed by atoms with van der Waals surface area (Å²) in [6.45, 7) is 3.33. The van der Waals surface area contributed by atoms with Crippen molar-refractivity contribution in [1.82, 2.24) is 4.90 Å². The summed E-state index contributed by atoms with van der Waals surface area (Å²) in [6, 6.07) is 17.8. The second-order valence-corrected chi connectivity index (χ2v) is 6.41. The van der Waals surface area contributed by atoms with Gasteiger partial charge in [0.2, 0.25) is 5.91 Å². The number of rotatable bonds is 6. The topological polar surface area (TPSA) is 41.6 Å². The molecule has 1 unspecified atom stereocenters. The lowest BCUT2D eigenvalue weighted by Crippen LogP contribution is -2.45. The number of piperidine rings is 1. The number of nitrogens with zero attached hydrogens (tertiary/aromatic N) is 1. The van der Waals surface area contributed by atoms with Crippen molar-refractivity contribution in [1.29, 1.82) is 0 Å². The van der Waals surface area contributed by atoms with E-state index in [0.29, 0.717) is 12.6 Å². The fraction of sp³-hybridized carbons (Fsp3) is 0.381. The van der Waals surface area contributed by atoms with Crippen LogP contribution in [0.5, 0.6) is 11.5 Å². The molecule has 1 aliphatic rings. The van der Waals surface area contributed by atoms with Gasteiger partial charge in [-0.05, 0) is 49.9 Å². The van der Waals surface area contributed by atoms with Crippen molar-refractivity contribution in [2.45, 2.75) is 38.6 Å². The van der Waals surface area contributed by atoms with Crippen molar-refractivity contribution in [3.8, 4) is 11.5 Å². The fourth-order valence-electron chi connectivity index (χ4n) is 3.34. The molecule has 3 rings (SSSR count). The summed E-state index contributed by atoms with van der Waals surface area (Å²) in [6.07, 6.45) is 4.48. The van der Waals surface area contributed by atoms with Crippen LogP contribution in [0.4, 0.5) is 5.69 Å². The quantitative estimate of drug-likeness (QED) is 0.831. The monoisotopic (exact) mass is 338 g/mol. The molecule has 1 atom stereocenters. The Bertz CT molecular complexity index is 687.